The lowest BCUT2D eigenvalue weighted by molar-refractivity contribution is -0.127. The van der Waals surface area contributed by atoms with E-state index < -0.39 is 5.66 Å². The molecule has 4 nitrogen and oxygen atoms in total. The predicted molar refractivity (Wildman–Crippen MR) is 80.3 cm³/mol. The Hall–Kier alpha value is -1.55. The summed E-state index contributed by atoms with van der Waals surface area (Å²) in [5.41, 5.74) is 1.54. The number of amides is 1. The van der Waals surface area contributed by atoms with Gasteiger partial charge in [0.25, 0.3) is 5.91 Å². The van der Waals surface area contributed by atoms with E-state index in [4.69, 9.17) is 0 Å². The lowest BCUT2D eigenvalue weighted by Gasteiger charge is -2.38. The first-order chi connectivity index (χ1) is 9.67. The molecule has 0 bridgehead atoms. The van der Waals surface area contributed by atoms with Crippen LogP contribution >= 0.6 is 0 Å². The van der Waals surface area contributed by atoms with E-state index in [2.05, 4.69) is 22.0 Å². The topological polar surface area (TPSA) is 53.2 Å². The maximum Gasteiger partial charge on any atom is 0.260 e. The zero-order valence-electron chi connectivity index (χ0n) is 12.0. The first-order valence-electron chi connectivity index (χ1n) is 7.59. The summed E-state index contributed by atoms with van der Waals surface area (Å²) in [5.74, 6) is 0.0545. The van der Waals surface area contributed by atoms with Crippen LogP contribution in [0.2, 0.25) is 0 Å². The van der Waals surface area contributed by atoms with Crippen molar-refractivity contribution in [3.8, 4) is 0 Å². The molecule has 1 aliphatic carbocycles. The van der Waals surface area contributed by atoms with Crippen molar-refractivity contribution >= 4 is 11.6 Å². The number of carbonyl (C=O) groups is 1. The van der Waals surface area contributed by atoms with Crippen LogP contribution in [0.15, 0.2) is 24.3 Å². The quantitative estimate of drug-likeness (QED) is 0.775. The average Bonchev–Trinajstić information content (AvgIpc) is 2.48. The van der Waals surface area contributed by atoms with Crippen molar-refractivity contribution in [1.82, 2.24) is 10.6 Å². The molecule has 1 atom stereocenters. The van der Waals surface area contributed by atoms with E-state index in [-0.39, 0.29) is 5.91 Å². The predicted octanol–water partition coefficient (Wildman–Crippen LogP) is 2.37. The maximum atomic E-state index is 12.6. The molecular formula is C16H23N3O. The zero-order valence-corrected chi connectivity index (χ0v) is 12.0. The second-order valence-corrected chi connectivity index (χ2v) is 6.07. The smallest absolute Gasteiger partial charge is 0.260 e. The monoisotopic (exact) mass is 273 g/mol. The number of hydrogen-bond acceptors (Lipinski definition) is 3. The van der Waals surface area contributed by atoms with Crippen LogP contribution in [-0.4, -0.2) is 17.6 Å². The molecule has 0 spiro atoms. The molecule has 1 unspecified atom stereocenters. The normalized spacial score (nSPS) is 26.4. The number of fused-ring (bicyclic) bond motifs is 1. The van der Waals surface area contributed by atoms with Gasteiger partial charge in [-0.2, -0.15) is 0 Å². The summed E-state index contributed by atoms with van der Waals surface area (Å²) in [5, 5.41) is 9.85. The van der Waals surface area contributed by atoms with Crippen molar-refractivity contribution < 1.29 is 4.79 Å². The Kier molecular flexibility index (Phi) is 3.66. The number of anilines is 1. The third-order valence-corrected chi connectivity index (χ3v) is 4.43. The molecule has 1 fully saturated rings. The van der Waals surface area contributed by atoms with Gasteiger partial charge >= 0.3 is 0 Å². The van der Waals surface area contributed by atoms with Crippen LogP contribution in [0.5, 0.6) is 0 Å². The minimum absolute atomic E-state index is 0.0545. The van der Waals surface area contributed by atoms with Crippen molar-refractivity contribution in [2.45, 2.75) is 57.3 Å². The van der Waals surface area contributed by atoms with E-state index in [1.165, 1.54) is 24.8 Å². The molecule has 0 radical (unpaired) electrons. The zero-order chi connectivity index (χ0) is 14.0. The standard InChI is InChI=1S/C16H23N3O/c1-16(15(20)18-13-8-3-2-4-9-13)17-11-12-7-5-6-10-14(12)19-16/h5-7,10,13,17,19H,2-4,8-9,11H2,1H3,(H,18,20). The minimum atomic E-state index is -0.716. The van der Waals surface area contributed by atoms with E-state index in [9.17, 15) is 4.79 Å². The Bertz CT molecular complexity index is 496. The van der Waals surface area contributed by atoms with E-state index in [0.717, 1.165) is 25.1 Å². The second kappa shape index (κ2) is 5.44. The van der Waals surface area contributed by atoms with Gasteiger partial charge in [-0.1, -0.05) is 37.5 Å². The van der Waals surface area contributed by atoms with Gasteiger partial charge in [0.05, 0.1) is 0 Å². The lowest BCUT2D eigenvalue weighted by Crippen LogP contribution is -2.63. The molecule has 20 heavy (non-hydrogen) atoms. The van der Waals surface area contributed by atoms with Crippen LogP contribution in [-0.2, 0) is 11.3 Å². The Morgan fingerprint density at radius 2 is 2.00 bits per heavy atom. The summed E-state index contributed by atoms with van der Waals surface area (Å²) in [6, 6.07) is 8.47. The van der Waals surface area contributed by atoms with E-state index in [0.29, 0.717) is 6.04 Å². The molecular weight excluding hydrogens is 250 g/mol. The highest BCUT2D eigenvalue weighted by Gasteiger charge is 2.37. The molecule has 108 valence electrons. The molecule has 3 rings (SSSR count). The Labute approximate surface area is 120 Å². The van der Waals surface area contributed by atoms with Gasteiger partial charge in [0, 0.05) is 18.3 Å². The molecule has 1 amide bonds. The van der Waals surface area contributed by atoms with Gasteiger partial charge in [0.15, 0.2) is 5.66 Å². The van der Waals surface area contributed by atoms with Crippen molar-refractivity contribution in [3.05, 3.63) is 29.8 Å². The number of para-hydroxylation sites is 1. The highest BCUT2D eigenvalue weighted by Crippen LogP contribution is 2.25. The van der Waals surface area contributed by atoms with E-state index in [1.807, 2.05) is 25.1 Å². The van der Waals surface area contributed by atoms with Gasteiger partial charge in [0.1, 0.15) is 0 Å². The minimum Gasteiger partial charge on any atom is -0.359 e. The molecule has 3 N–H and O–H groups in total. The Morgan fingerprint density at radius 3 is 2.80 bits per heavy atom. The van der Waals surface area contributed by atoms with E-state index >= 15 is 0 Å². The van der Waals surface area contributed by atoms with Crippen LogP contribution in [0.3, 0.4) is 0 Å². The molecule has 1 aliphatic heterocycles. The largest absolute Gasteiger partial charge is 0.359 e. The average molecular weight is 273 g/mol. The third-order valence-electron chi connectivity index (χ3n) is 4.43. The van der Waals surface area contributed by atoms with Crippen LogP contribution in [0.1, 0.15) is 44.6 Å². The van der Waals surface area contributed by atoms with Crippen molar-refractivity contribution in [1.29, 1.82) is 0 Å². The fraction of sp³-hybridized carbons (Fsp3) is 0.562. The summed E-state index contributed by atoms with van der Waals surface area (Å²) >= 11 is 0. The highest BCUT2D eigenvalue weighted by atomic mass is 16.2. The molecule has 4 heteroatoms. The van der Waals surface area contributed by atoms with E-state index in [1.54, 1.807) is 0 Å². The van der Waals surface area contributed by atoms with Crippen molar-refractivity contribution in [2.75, 3.05) is 5.32 Å². The molecule has 1 aromatic carbocycles. The van der Waals surface area contributed by atoms with Gasteiger partial charge < -0.3 is 10.6 Å². The summed E-state index contributed by atoms with van der Waals surface area (Å²) in [4.78, 5) is 12.6. The summed E-state index contributed by atoms with van der Waals surface area (Å²) in [7, 11) is 0. The number of rotatable bonds is 2. The number of carbonyl (C=O) groups excluding carboxylic acids is 1. The van der Waals surface area contributed by atoms with Gasteiger partial charge in [-0.25, -0.2) is 0 Å². The fourth-order valence-corrected chi connectivity index (χ4v) is 3.10. The molecule has 1 saturated carbocycles. The van der Waals surface area contributed by atoms with Gasteiger partial charge in [-0.15, -0.1) is 0 Å². The lowest BCUT2D eigenvalue weighted by atomic mass is 9.94. The number of nitrogens with one attached hydrogen (secondary N) is 3. The Morgan fingerprint density at radius 1 is 1.25 bits per heavy atom. The maximum absolute atomic E-state index is 12.6. The summed E-state index contributed by atoms with van der Waals surface area (Å²) < 4.78 is 0. The van der Waals surface area contributed by atoms with Gasteiger partial charge in [0.2, 0.25) is 0 Å². The number of hydrogen-bond donors (Lipinski definition) is 3. The summed E-state index contributed by atoms with van der Waals surface area (Å²) in [6.07, 6.45) is 5.97. The third kappa shape index (κ3) is 2.66. The first kappa shape index (κ1) is 13.4. The Balaban J connectivity index is 1.68. The van der Waals surface area contributed by atoms with Crippen molar-refractivity contribution in [2.24, 2.45) is 0 Å². The van der Waals surface area contributed by atoms with Gasteiger partial charge in [-0.05, 0) is 31.4 Å². The molecule has 1 heterocycles. The first-order valence-corrected chi connectivity index (χ1v) is 7.59. The number of benzene rings is 1. The van der Waals surface area contributed by atoms with Crippen LogP contribution in [0, 0.1) is 0 Å². The molecule has 1 aromatic rings. The fourth-order valence-electron chi connectivity index (χ4n) is 3.10. The SMILES string of the molecule is CC1(C(=O)NC2CCCCC2)NCc2ccccc2N1. The molecule has 0 aromatic heterocycles. The molecule has 0 saturated heterocycles. The van der Waals surface area contributed by atoms with Gasteiger partial charge in [-0.3, -0.25) is 10.1 Å². The van der Waals surface area contributed by atoms with Crippen LogP contribution in [0.4, 0.5) is 5.69 Å². The van der Waals surface area contributed by atoms with Crippen molar-refractivity contribution in [3.63, 3.8) is 0 Å². The van der Waals surface area contributed by atoms with Crippen LogP contribution in [0.25, 0.3) is 0 Å². The van der Waals surface area contributed by atoms with Crippen LogP contribution < -0.4 is 16.0 Å². The highest BCUT2D eigenvalue weighted by molar-refractivity contribution is 5.89. The molecule has 2 aliphatic rings. The summed E-state index contributed by atoms with van der Waals surface area (Å²) in [6.45, 7) is 2.64. The second-order valence-electron chi connectivity index (χ2n) is 6.07.